The van der Waals surface area contributed by atoms with Crippen molar-refractivity contribution in [1.82, 2.24) is 4.90 Å². The first-order valence-electron chi connectivity index (χ1n) is 3.58. The highest BCUT2D eigenvalue weighted by Gasteiger charge is 2.39. The molecule has 2 heterocycles. The highest BCUT2D eigenvalue weighted by Crippen LogP contribution is 2.37. The summed E-state index contributed by atoms with van der Waals surface area (Å²) < 4.78 is 0. The van der Waals surface area contributed by atoms with Gasteiger partial charge >= 0.3 is 5.97 Å². The second kappa shape index (κ2) is 2.52. The summed E-state index contributed by atoms with van der Waals surface area (Å²) in [7, 11) is 0. The van der Waals surface area contributed by atoms with Gasteiger partial charge in [-0.2, -0.15) is 0 Å². The molecule has 0 aromatic heterocycles. The molecule has 0 saturated carbocycles. The fourth-order valence-corrected chi connectivity index (χ4v) is 2.38. The minimum Gasteiger partial charge on any atom is -0.477 e. The molecule has 0 spiro atoms. The Hall–Kier alpha value is -0.970. The number of carbonyl (C=O) groups excluding carboxylic acids is 1. The topological polar surface area (TPSA) is 57.6 Å². The second-order valence-corrected chi connectivity index (χ2v) is 3.92. The maximum atomic E-state index is 10.9. The van der Waals surface area contributed by atoms with Crippen molar-refractivity contribution in [1.29, 1.82) is 0 Å². The van der Waals surface area contributed by atoms with E-state index in [0.717, 1.165) is 0 Å². The molecular formula is C7H7NO3S. The summed E-state index contributed by atoms with van der Waals surface area (Å²) in [5.41, 5.74) is 0. The van der Waals surface area contributed by atoms with Crippen LogP contribution >= 0.6 is 11.8 Å². The van der Waals surface area contributed by atoms with E-state index < -0.39 is 5.97 Å². The summed E-state index contributed by atoms with van der Waals surface area (Å²) in [4.78, 5) is 23.4. The molecule has 0 radical (unpaired) electrons. The Morgan fingerprint density at radius 1 is 1.75 bits per heavy atom. The monoisotopic (exact) mass is 185 g/mol. The molecule has 12 heavy (non-hydrogen) atoms. The zero-order chi connectivity index (χ0) is 8.72. The van der Waals surface area contributed by atoms with E-state index in [1.54, 1.807) is 11.0 Å². The van der Waals surface area contributed by atoms with Gasteiger partial charge in [0.2, 0.25) is 5.91 Å². The fraction of sp³-hybridized carbons (Fsp3) is 0.429. The molecule has 1 N–H and O–H groups in total. The third kappa shape index (κ3) is 1.01. The standard InChI is InChI=1S/C7H7NO3S/c9-5-3-6-8(5)2-1-4(12-6)7(10)11/h1,6H,2-3H2,(H,10,11)/t6-/m1/s1. The lowest BCUT2D eigenvalue weighted by atomic mass is 10.2. The first kappa shape index (κ1) is 7.67. The van der Waals surface area contributed by atoms with Gasteiger partial charge in [0.15, 0.2) is 0 Å². The molecule has 64 valence electrons. The van der Waals surface area contributed by atoms with Crippen LogP contribution in [0, 0.1) is 0 Å². The van der Waals surface area contributed by atoms with Crippen LogP contribution in [0.4, 0.5) is 0 Å². The van der Waals surface area contributed by atoms with Crippen LogP contribution in [0.5, 0.6) is 0 Å². The van der Waals surface area contributed by atoms with Gasteiger partial charge in [0.1, 0.15) is 0 Å². The number of hydrogen-bond acceptors (Lipinski definition) is 3. The van der Waals surface area contributed by atoms with Crippen LogP contribution < -0.4 is 0 Å². The van der Waals surface area contributed by atoms with E-state index >= 15 is 0 Å². The lowest BCUT2D eigenvalue weighted by Crippen LogP contribution is -2.52. The van der Waals surface area contributed by atoms with Crippen LogP contribution in [0.1, 0.15) is 6.42 Å². The third-order valence-corrected chi connectivity index (χ3v) is 3.25. The summed E-state index contributed by atoms with van der Waals surface area (Å²) in [6.45, 7) is 0.456. The molecule has 0 aromatic carbocycles. The summed E-state index contributed by atoms with van der Waals surface area (Å²) in [6.07, 6.45) is 2.07. The van der Waals surface area contributed by atoms with Gasteiger partial charge in [-0.25, -0.2) is 4.79 Å². The second-order valence-electron chi connectivity index (χ2n) is 2.70. The van der Waals surface area contributed by atoms with Crippen LogP contribution in [-0.4, -0.2) is 33.8 Å². The number of aliphatic carboxylic acids is 1. The zero-order valence-corrected chi connectivity index (χ0v) is 7.00. The lowest BCUT2D eigenvalue weighted by Gasteiger charge is -2.41. The van der Waals surface area contributed by atoms with Crippen LogP contribution in [0.3, 0.4) is 0 Å². The third-order valence-electron chi connectivity index (χ3n) is 1.96. The van der Waals surface area contributed by atoms with Crippen molar-refractivity contribution >= 4 is 23.6 Å². The maximum absolute atomic E-state index is 10.9. The molecule has 2 rings (SSSR count). The molecule has 0 unspecified atom stereocenters. The largest absolute Gasteiger partial charge is 0.477 e. The number of nitrogens with zero attached hydrogens (tertiary/aromatic N) is 1. The minimum absolute atomic E-state index is 0.0774. The molecule has 1 saturated heterocycles. The Balaban J connectivity index is 2.11. The van der Waals surface area contributed by atoms with E-state index in [2.05, 4.69) is 0 Å². The van der Waals surface area contributed by atoms with Gasteiger partial charge in [-0.05, 0) is 6.08 Å². The van der Waals surface area contributed by atoms with Crippen molar-refractivity contribution < 1.29 is 14.7 Å². The van der Waals surface area contributed by atoms with Gasteiger partial charge in [0, 0.05) is 6.54 Å². The van der Waals surface area contributed by atoms with E-state index in [0.29, 0.717) is 17.9 Å². The van der Waals surface area contributed by atoms with E-state index in [-0.39, 0.29) is 11.3 Å². The first-order valence-corrected chi connectivity index (χ1v) is 4.46. The lowest BCUT2D eigenvalue weighted by molar-refractivity contribution is -0.141. The number of carboxylic acid groups (broad SMARTS) is 1. The summed E-state index contributed by atoms with van der Waals surface area (Å²) in [5, 5.41) is 8.72. The Kier molecular flexibility index (Phi) is 1.61. The molecule has 0 aromatic rings. The quantitative estimate of drug-likeness (QED) is 0.595. The van der Waals surface area contributed by atoms with E-state index in [4.69, 9.17) is 5.11 Å². The summed E-state index contributed by atoms with van der Waals surface area (Å²) >= 11 is 1.26. The van der Waals surface area contributed by atoms with E-state index in [9.17, 15) is 9.59 Å². The summed E-state index contributed by atoms with van der Waals surface area (Å²) in [6, 6.07) is 0. The SMILES string of the molecule is O=C(O)C1=CCN2C(=O)C[C@H]2S1. The van der Waals surface area contributed by atoms with Crippen molar-refractivity contribution in [3.8, 4) is 0 Å². The highest BCUT2D eigenvalue weighted by molar-refractivity contribution is 8.04. The molecule has 1 amide bonds. The number of thioether (sulfide) groups is 1. The van der Waals surface area contributed by atoms with Crippen molar-refractivity contribution in [2.24, 2.45) is 0 Å². The summed E-state index contributed by atoms with van der Waals surface area (Å²) in [5.74, 6) is -0.771. The van der Waals surface area contributed by atoms with Crippen molar-refractivity contribution in [3.05, 3.63) is 11.0 Å². The van der Waals surface area contributed by atoms with E-state index in [1.165, 1.54) is 11.8 Å². The number of amides is 1. The predicted molar refractivity (Wildman–Crippen MR) is 43.4 cm³/mol. The van der Waals surface area contributed by atoms with Crippen molar-refractivity contribution in [3.63, 3.8) is 0 Å². The molecule has 5 heteroatoms. The average Bonchev–Trinajstić information content (AvgIpc) is 2.01. The number of fused-ring (bicyclic) bond motifs is 1. The number of β-lactam (4-membered cyclic amide) rings is 1. The fourth-order valence-electron chi connectivity index (χ4n) is 1.26. The maximum Gasteiger partial charge on any atom is 0.341 e. The molecule has 1 atom stereocenters. The Bertz CT molecular complexity index is 286. The van der Waals surface area contributed by atoms with Crippen LogP contribution in [0.25, 0.3) is 0 Å². The van der Waals surface area contributed by atoms with Crippen molar-refractivity contribution in [2.75, 3.05) is 6.54 Å². The smallest absolute Gasteiger partial charge is 0.341 e. The van der Waals surface area contributed by atoms with Gasteiger partial charge in [-0.3, -0.25) is 4.79 Å². The van der Waals surface area contributed by atoms with Crippen LogP contribution in [0.15, 0.2) is 11.0 Å². The number of hydrogen-bond donors (Lipinski definition) is 1. The van der Waals surface area contributed by atoms with Crippen molar-refractivity contribution in [2.45, 2.75) is 11.8 Å². The molecule has 2 aliphatic heterocycles. The van der Waals surface area contributed by atoms with Gasteiger partial charge in [0.05, 0.1) is 16.7 Å². The number of carbonyl (C=O) groups is 2. The predicted octanol–water partition coefficient (Wildman–Crippen LogP) is 0.260. The Labute approximate surface area is 73.2 Å². The van der Waals surface area contributed by atoms with Gasteiger partial charge < -0.3 is 10.0 Å². The molecular weight excluding hydrogens is 178 g/mol. The Morgan fingerprint density at radius 2 is 2.50 bits per heavy atom. The minimum atomic E-state index is -0.890. The highest BCUT2D eigenvalue weighted by atomic mass is 32.2. The molecule has 4 nitrogen and oxygen atoms in total. The Morgan fingerprint density at radius 3 is 3.00 bits per heavy atom. The first-order chi connectivity index (χ1) is 5.68. The molecule has 0 aliphatic carbocycles. The molecule has 2 aliphatic rings. The van der Waals surface area contributed by atoms with Gasteiger partial charge in [-0.1, -0.05) is 11.8 Å². The van der Waals surface area contributed by atoms with E-state index in [1.807, 2.05) is 0 Å². The number of carboxylic acids is 1. The zero-order valence-electron chi connectivity index (χ0n) is 6.19. The van der Waals surface area contributed by atoms with Crippen LogP contribution in [-0.2, 0) is 9.59 Å². The average molecular weight is 185 g/mol. The van der Waals surface area contributed by atoms with Gasteiger partial charge in [0.25, 0.3) is 0 Å². The normalized spacial score (nSPS) is 27.3. The molecule has 1 fully saturated rings. The van der Waals surface area contributed by atoms with Crippen LogP contribution in [0.2, 0.25) is 0 Å². The number of rotatable bonds is 1. The molecule has 0 bridgehead atoms. The van der Waals surface area contributed by atoms with Gasteiger partial charge in [-0.15, -0.1) is 0 Å².